The van der Waals surface area contributed by atoms with E-state index in [0.717, 1.165) is 0 Å². The van der Waals surface area contributed by atoms with Crippen LogP contribution in [0.15, 0.2) is 11.6 Å². The largest absolute Gasteiger partial charge is 0.477 e. The zero-order valence-corrected chi connectivity index (χ0v) is 8.39. The summed E-state index contributed by atoms with van der Waals surface area (Å²) in [5.41, 5.74) is -0.300. The highest BCUT2D eigenvalue weighted by Crippen LogP contribution is 2.05. The first-order valence-electron chi connectivity index (χ1n) is 3.85. The number of carbonyl (C=O) groups is 1. The van der Waals surface area contributed by atoms with Crippen LogP contribution in [0.5, 0.6) is 0 Å². The van der Waals surface area contributed by atoms with Crippen LogP contribution < -0.4 is 0 Å². The molecule has 4 heteroatoms. The number of carboxylic acids is 1. The topological polar surface area (TPSA) is 61.1 Å². The number of allylic oxidation sites excluding steroid dienone is 1. The SMILES string of the molecule is CC(C)CC(=S)C=C(C#N)C(=O)O. The van der Waals surface area contributed by atoms with Crippen LogP contribution >= 0.6 is 12.2 Å². The van der Waals surface area contributed by atoms with Crippen molar-refractivity contribution in [3.8, 4) is 6.07 Å². The Balaban J connectivity index is 4.46. The quantitative estimate of drug-likeness (QED) is 0.425. The predicted octanol–water partition coefficient (Wildman–Crippen LogP) is 1.94. The molecule has 0 saturated heterocycles. The number of rotatable bonds is 4. The van der Waals surface area contributed by atoms with Gasteiger partial charge in [-0.15, -0.1) is 0 Å². The fourth-order valence-electron chi connectivity index (χ4n) is 0.764. The molecule has 0 spiro atoms. The summed E-state index contributed by atoms with van der Waals surface area (Å²) in [6.07, 6.45) is 1.88. The summed E-state index contributed by atoms with van der Waals surface area (Å²) >= 11 is 4.90. The zero-order valence-electron chi connectivity index (χ0n) is 7.57. The van der Waals surface area contributed by atoms with E-state index in [9.17, 15) is 4.79 Å². The molecule has 0 aromatic heterocycles. The summed E-state index contributed by atoms with van der Waals surface area (Å²) in [7, 11) is 0. The molecule has 0 fully saturated rings. The van der Waals surface area contributed by atoms with Crippen molar-refractivity contribution in [1.29, 1.82) is 5.26 Å². The van der Waals surface area contributed by atoms with Crippen LogP contribution in [0, 0.1) is 17.2 Å². The van der Waals surface area contributed by atoms with Crippen molar-refractivity contribution >= 4 is 23.1 Å². The van der Waals surface area contributed by atoms with Gasteiger partial charge in [-0.2, -0.15) is 5.26 Å². The minimum Gasteiger partial charge on any atom is -0.477 e. The lowest BCUT2D eigenvalue weighted by Gasteiger charge is -2.01. The van der Waals surface area contributed by atoms with Crippen LogP contribution in [0.3, 0.4) is 0 Å². The fourth-order valence-corrected chi connectivity index (χ4v) is 1.22. The Morgan fingerprint density at radius 2 is 2.23 bits per heavy atom. The molecule has 0 heterocycles. The van der Waals surface area contributed by atoms with Gasteiger partial charge in [-0.05, 0) is 18.4 Å². The molecule has 13 heavy (non-hydrogen) atoms. The molecule has 0 bridgehead atoms. The maximum atomic E-state index is 10.4. The maximum absolute atomic E-state index is 10.4. The second-order valence-corrected chi connectivity index (χ2v) is 3.56. The van der Waals surface area contributed by atoms with E-state index in [2.05, 4.69) is 0 Å². The monoisotopic (exact) mass is 197 g/mol. The first kappa shape index (κ1) is 11.8. The van der Waals surface area contributed by atoms with E-state index in [-0.39, 0.29) is 5.57 Å². The molecule has 0 atom stereocenters. The molecular formula is C9H11NO2S. The minimum atomic E-state index is -1.23. The summed E-state index contributed by atoms with van der Waals surface area (Å²) in [6, 6.07) is 1.58. The van der Waals surface area contributed by atoms with E-state index in [1.807, 2.05) is 13.8 Å². The third kappa shape index (κ3) is 5.10. The maximum Gasteiger partial charge on any atom is 0.346 e. The van der Waals surface area contributed by atoms with E-state index in [0.29, 0.717) is 17.2 Å². The van der Waals surface area contributed by atoms with E-state index in [4.69, 9.17) is 22.6 Å². The Hall–Kier alpha value is -1.21. The summed E-state index contributed by atoms with van der Waals surface area (Å²) in [5.74, 6) is -0.855. The van der Waals surface area contributed by atoms with Crippen molar-refractivity contribution < 1.29 is 9.90 Å². The number of nitrogens with zero attached hydrogens (tertiary/aromatic N) is 1. The van der Waals surface area contributed by atoms with Crippen molar-refractivity contribution in [2.24, 2.45) is 5.92 Å². The summed E-state index contributed by atoms with van der Waals surface area (Å²) in [6.45, 7) is 3.96. The number of hydrogen-bond acceptors (Lipinski definition) is 3. The van der Waals surface area contributed by atoms with Gasteiger partial charge < -0.3 is 5.11 Å². The van der Waals surface area contributed by atoms with Crippen LogP contribution in [0.25, 0.3) is 0 Å². The molecule has 3 nitrogen and oxygen atoms in total. The number of carboxylic acid groups (broad SMARTS) is 1. The van der Waals surface area contributed by atoms with Gasteiger partial charge in [0.1, 0.15) is 11.6 Å². The van der Waals surface area contributed by atoms with Gasteiger partial charge in [0.15, 0.2) is 0 Å². The lowest BCUT2D eigenvalue weighted by molar-refractivity contribution is -0.132. The number of thiocarbonyl (C=S) groups is 1. The van der Waals surface area contributed by atoms with Crippen LogP contribution in [0.2, 0.25) is 0 Å². The third-order valence-corrected chi connectivity index (χ3v) is 1.55. The molecule has 0 aromatic rings. The molecular weight excluding hydrogens is 186 g/mol. The lowest BCUT2D eigenvalue weighted by Crippen LogP contribution is -2.03. The molecule has 0 amide bonds. The van der Waals surface area contributed by atoms with Crippen LogP contribution in [-0.2, 0) is 4.79 Å². The smallest absolute Gasteiger partial charge is 0.346 e. The summed E-state index contributed by atoms with van der Waals surface area (Å²) in [4.78, 5) is 10.9. The van der Waals surface area contributed by atoms with Gasteiger partial charge >= 0.3 is 5.97 Å². The van der Waals surface area contributed by atoms with Crippen LogP contribution in [0.4, 0.5) is 0 Å². The first-order chi connectivity index (χ1) is 5.97. The van der Waals surface area contributed by atoms with Gasteiger partial charge in [-0.25, -0.2) is 4.79 Å². The molecule has 0 aromatic carbocycles. The van der Waals surface area contributed by atoms with Crippen molar-refractivity contribution in [1.82, 2.24) is 0 Å². The Bertz CT molecular complexity index is 286. The minimum absolute atomic E-state index is 0.300. The fraction of sp³-hybridized carbons (Fsp3) is 0.444. The van der Waals surface area contributed by atoms with Gasteiger partial charge in [0.25, 0.3) is 0 Å². The molecule has 0 unspecified atom stereocenters. The van der Waals surface area contributed by atoms with E-state index in [1.54, 1.807) is 6.07 Å². The molecule has 0 radical (unpaired) electrons. The average molecular weight is 197 g/mol. The van der Waals surface area contributed by atoms with Crippen LogP contribution in [-0.4, -0.2) is 15.9 Å². The lowest BCUT2D eigenvalue weighted by atomic mass is 10.1. The van der Waals surface area contributed by atoms with Crippen molar-refractivity contribution in [2.75, 3.05) is 0 Å². The van der Waals surface area contributed by atoms with Crippen molar-refractivity contribution in [2.45, 2.75) is 20.3 Å². The van der Waals surface area contributed by atoms with Gasteiger partial charge in [0, 0.05) is 4.86 Å². The molecule has 0 aliphatic rings. The Morgan fingerprint density at radius 3 is 2.54 bits per heavy atom. The normalized spacial score (nSPS) is 11.1. The van der Waals surface area contributed by atoms with Crippen molar-refractivity contribution in [3.63, 3.8) is 0 Å². The highest BCUT2D eigenvalue weighted by molar-refractivity contribution is 7.80. The predicted molar refractivity (Wildman–Crippen MR) is 53.4 cm³/mol. The Morgan fingerprint density at radius 1 is 1.69 bits per heavy atom. The standard InChI is InChI=1S/C9H11NO2S/c1-6(2)3-8(13)4-7(5-10)9(11)12/h4,6H,3H2,1-2H3,(H,11,12). The third-order valence-electron chi connectivity index (χ3n) is 1.27. The van der Waals surface area contributed by atoms with Gasteiger partial charge in [0.2, 0.25) is 0 Å². The van der Waals surface area contributed by atoms with Crippen LogP contribution in [0.1, 0.15) is 20.3 Å². The molecule has 0 saturated carbocycles. The average Bonchev–Trinajstić information content (AvgIpc) is 1.98. The molecule has 1 N–H and O–H groups in total. The highest BCUT2D eigenvalue weighted by atomic mass is 32.1. The van der Waals surface area contributed by atoms with E-state index < -0.39 is 5.97 Å². The molecule has 70 valence electrons. The summed E-state index contributed by atoms with van der Waals surface area (Å²) < 4.78 is 0. The highest BCUT2D eigenvalue weighted by Gasteiger charge is 2.07. The van der Waals surface area contributed by atoms with Crippen molar-refractivity contribution in [3.05, 3.63) is 11.6 Å². The number of nitriles is 1. The second-order valence-electron chi connectivity index (χ2n) is 3.04. The van der Waals surface area contributed by atoms with E-state index >= 15 is 0 Å². The summed E-state index contributed by atoms with van der Waals surface area (Å²) in [5, 5.41) is 16.9. The molecule has 0 aliphatic carbocycles. The van der Waals surface area contributed by atoms with E-state index in [1.165, 1.54) is 6.08 Å². The first-order valence-corrected chi connectivity index (χ1v) is 4.26. The number of aliphatic carboxylic acids is 1. The second kappa shape index (κ2) is 5.44. The van der Waals surface area contributed by atoms with Gasteiger partial charge in [-0.3, -0.25) is 0 Å². The van der Waals surface area contributed by atoms with Gasteiger partial charge in [0.05, 0.1) is 0 Å². The molecule has 0 rings (SSSR count). The zero-order chi connectivity index (χ0) is 10.4. The molecule has 0 aliphatic heterocycles. The Labute approximate surface area is 82.7 Å². The van der Waals surface area contributed by atoms with Gasteiger partial charge in [-0.1, -0.05) is 26.1 Å². The Kier molecular flexibility index (Phi) is 4.93. The number of hydrogen-bond donors (Lipinski definition) is 1.